The van der Waals surface area contributed by atoms with Crippen molar-refractivity contribution in [2.24, 2.45) is 0 Å². The molecule has 7 heteroatoms. The van der Waals surface area contributed by atoms with Gasteiger partial charge in [0.25, 0.3) is 0 Å². The number of nitrogens with zero attached hydrogens (tertiary/aromatic N) is 1. The Bertz CT molecular complexity index is 1590. The second-order valence-corrected chi connectivity index (χ2v) is 10.4. The van der Waals surface area contributed by atoms with Crippen molar-refractivity contribution in [3.8, 4) is 0 Å². The molecule has 1 saturated heterocycles. The Morgan fingerprint density at radius 2 is 1.68 bits per heavy atom. The first-order valence-corrected chi connectivity index (χ1v) is 12.9. The molecule has 7 nitrogen and oxygen atoms in total. The van der Waals surface area contributed by atoms with Crippen molar-refractivity contribution >= 4 is 33.8 Å². The van der Waals surface area contributed by atoms with Gasteiger partial charge in [0.2, 0.25) is 5.91 Å². The number of furan rings is 1. The summed E-state index contributed by atoms with van der Waals surface area (Å²) in [6.45, 7) is 2.50. The van der Waals surface area contributed by atoms with E-state index in [0.29, 0.717) is 37.1 Å². The first kappa shape index (κ1) is 23.5. The molecule has 2 aliphatic rings. The number of carbonyl (C=O) groups is 2. The van der Waals surface area contributed by atoms with Crippen LogP contribution in [0.15, 0.2) is 56.1 Å². The highest BCUT2D eigenvalue weighted by atomic mass is 16.4. The standard InChI is InChI=1S/C30H29NO6/c1-18-21-15-23-20-9-5-6-10-24(20)36-26(23)17-25(21)37-28(33)22(18)16-27(32)31-13-11-30(12-14-31,29(34)35)19-7-3-2-4-8-19/h2-4,7-8,15,17H,5-6,9-14,16H2,1H3,(H,34,35). The van der Waals surface area contributed by atoms with Gasteiger partial charge in [-0.2, -0.15) is 0 Å². The minimum absolute atomic E-state index is 0.0724. The Balaban J connectivity index is 1.27. The number of piperidine rings is 1. The number of likely N-dealkylation sites (tertiary alicyclic amines) is 1. The molecule has 1 aliphatic heterocycles. The van der Waals surface area contributed by atoms with Crippen LogP contribution in [0.4, 0.5) is 0 Å². The summed E-state index contributed by atoms with van der Waals surface area (Å²) in [7, 11) is 0. The Morgan fingerprint density at radius 1 is 0.973 bits per heavy atom. The number of aliphatic carboxylic acids is 1. The van der Waals surface area contributed by atoms with Crippen LogP contribution in [0.3, 0.4) is 0 Å². The summed E-state index contributed by atoms with van der Waals surface area (Å²) >= 11 is 0. The number of benzene rings is 2. The second kappa shape index (κ2) is 8.91. The molecule has 0 spiro atoms. The molecule has 3 heterocycles. The molecule has 1 amide bonds. The minimum atomic E-state index is -1.01. The zero-order valence-corrected chi connectivity index (χ0v) is 20.8. The van der Waals surface area contributed by atoms with Gasteiger partial charge in [0, 0.05) is 41.9 Å². The lowest BCUT2D eigenvalue weighted by molar-refractivity contribution is -0.148. The Kier molecular flexibility index (Phi) is 5.66. The first-order chi connectivity index (χ1) is 17.9. The van der Waals surface area contributed by atoms with E-state index in [0.717, 1.165) is 58.9 Å². The van der Waals surface area contributed by atoms with Crippen LogP contribution in [0.2, 0.25) is 0 Å². The van der Waals surface area contributed by atoms with Crippen molar-refractivity contribution in [1.29, 1.82) is 0 Å². The monoisotopic (exact) mass is 499 g/mol. The zero-order chi connectivity index (χ0) is 25.7. The molecule has 0 radical (unpaired) electrons. The summed E-state index contributed by atoms with van der Waals surface area (Å²) in [5.74, 6) is -0.0434. The third kappa shape index (κ3) is 3.84. The zero-order valence-electron chi connectivity index (χ0n) is 20.8. The Morgan fingerprint density at radius 3 is 2.41 bits per heavy atom. The largest absolute Gasteiger partial charge is 0.481 e. The van der Waals surface area contributed by atoms with Crippen molar-refractivity contribution in [3.63, 3.8) is 0 Å². The summed E-state index contributed by atoms with van der Waals surface area (Å²) in [5.41, 5.74) is 2.76. The number of carbonyl (C=O) groups excluding carboxylic acids is 1. The fourth-order valence-electron chi connectivity index (χ4n) is 6.13. The van der Waals surface area contributed by atoms with Crippen molar-refractivity contribution in [2.45, 2.75) is 57.3 Å². The van der Waals surface area contributed by atoms with Crippen LogP contribution in [0, 0.1) is 6.92 Å². The summed E-state index contributed by atoms with van der Waals surface area (Å²) < 4.78 is 11.7. The molecule has 190 valence electrons. The molecule has 37 heavy (non-hydrogen) atoms. The number of carboxylic acids is 1. The van der Waals surface area contributed by atoms with Crippen LogP contribution in [-0.4, -0.2) is 35.0 Å². The predicted octanol–water partition coefficient (Wildman–Crippen LogP) is 4.91. The molecule has 1 N–H and O–H groups in total. The van der Waals surface area contributed by atoms with Crippen LogP contribution in [-0.2, 0) is 34.3 Å². The van der Waals surface area contributed by atoms with Crippen LogP contribution in [0.1, 0.15) is 53.7 Å². The lowest BCUT2D eigenvalue weighted by Gasteiger charge is -2.39. The van der Waals surface area contributed by atoms with E-state index < -0.39 is 17.0 Å². The van der Waals surface area contributed by atoms with Gasteiger partial charge in [-0.1, -0.05) is 30.3 Å². The van der Waals surface area contributed by atoms with Gasteiger partial charge in [-0.3, -0.25) is 9.59 Å². The maximum absolute atomic E-state index is 13.3. The number of fused-ring (bicyclic) bond motifs is 4. The smallest absolute Gasteiger partial charge is 0.340 e. The fraction of sp³-hybridized carbons (Fsp3) is 0.367. The Labute approximate surface area is 213 Å². The fourth-order valence-corrected chi connectivity index (χ4v) is 6.13. The molecule has 0 atom stereocenters. The molecule has 6 rings (SSSR count). The lowest BCUT2D eigenvalue weighted by Crippen LogP contribution is -2.49. The van der Waals surface area contributed by atoms with Gasteiger partial charge in [0.05, 0.1) is 17.4 Å². The summed E-state index contributed by atoms with van der Waals surface area (Å²) in [5, 5.41) is 11.9. The lowest BCUT2D eigenvalue weighted by atomic mass is 9.73. The SMILES string of the molecule is Cc1c(CC(=O)N2CCC(C(=O)O)(c3ccccc3)CC2)c(=O)oc2cc3oc4c(c3cc12)CCCC4. The van der Waals surface area contributed by atoms with Gasteiger partial charge < -0.3 is 18.8 Å². The molecule has 2 aromatic heterocycles. The number of amides is 1. The maximum Gasteiger partial charge on any atom is 0.340 e. The summed E-state index contributed by atoms with van der Waals surface area (Å²) in [6, 6.07) is 13.0. The average Bonchev–Trinajstić information content (AvgIpc) is 3.28. The normalized spacial score (nSPS) is 17.2. The van der Waals surface area contributed by atoms with E-state index in [2.05, 4.69) is 0 Å². The number of carboxylic acid groups (broad SMARTS) is 1. The number of aryl methyl sites for hydroxylation is 3. The third-order valence-electron chi connectivity index (χ3n) is 8.40. The molecular weight excluding hydrogens is 470 g/mol. The highest BCUT2D eigenvalue weighted by Gasteiger charge is 2.43. The Hall–Kier alpha value is -3.87. The minimum Gasteiger partial charge on any atom is -0.481 e. The maximum atomic E-state index is 13.3. The van der Waals surface area contributed by atoms with Crippen molar-refractivity contribution in [2.75, 3.05) is 13.1 Å². The van der Waals surface area contributed by atoms with Gasteiger partial charge in [-0.25, -0.2) is 4.79 Å². The molecule has 0 bridgehead atoms. The van der Waals surface area contributed by atoms with Gasteiger partial charge in [0.1, 0.15) is 16.9 Å². The second-order valence-electron chi connectivity index (χ2n) is 10.4. The molecule has 0 unspecified atom stereocenters. The molecule has 0 saturated carbocycles. The van der Waals surface area contributed by atoms with E-state index in [9.17, 15) is 19.5 Å². The van der Waals surface area contributed by atoms with Gasteiger partial charge in [0.15, 0.2) is 0 Å². The quantitative estimate of drug-likeness (QED) is 0.400. The van der Waals surface area contributed by atoms with Crippen molar-refractivity contribution in [1.82, 2.24) is 4.90 Å². The van der Waals surface area contributed by atoms with Gasteiger partial charge >= 0.3 is 11.6 Å². The summed E-state index contributed by atoms with van der Waals surface area (Å²) in [4.78, 5) is 40.1. The predicted molar refractivity (Wildman–Crippen MR) is 139 cm³/mol. The number of rotatable bonds is 4. The van der Waals surface area contributed by atoms with E-state index in [1.54, 1.807) is 11.0 Å². The van der Waals surface area contributed by atoms with Gasteiger partial charge in [-0.05, 0) is 56.2 Å². The molecule has 1 aliphatic carbocycles. The highest BCUT2D eigenvalue weighted by Crippen LogP contribution is 2.37. The topological polar surface area (TPSA) is 101 Å². The van der Waals surface area contributed by atoms with E-state index in [4.69, 9.17) is 8.83 Å². The van der Waals surface area contributed by atoms with E-state index >= 15 is 0 Å². The van der Waals surface area contributed by atoms with Crippen molar-refractivity contribution in [3.05, 3.63) is 80.9 Å². The third-order valence-corrected chi connectivity index (χ3v) is 8.40. The van der Waals surface area contributed by atoms with Crippen LogP contribution >= 0.6 is 0 Å². The van der Waals surface area contributed by atoms with E-state index in [1.807, 2.05) is 43.3 Å². The molecule has 2 aromatic carbocycles. The first-order valence-electron chi connectivity index (χ1n) is 12.9. The molecule has 1 fully saturated rings. The van der Waals surface area contributed by atoms with E-state index in [1.165, 1.54) is 5.56 Å². The van der Waals surface area contributed by atoms with Gasteiger partial charge in [-0.15, -0.1) is 0 Å². The van der Waals surface area contributed by atoms with Crippen LogP contribution < -0.4 is 5.63 Å². The molecular formula is C30H29NO6. The van der Waals surface area contributed by atoms with Crippen LogP contribution in [0.25, 0.3) is 21.9 Å². The molecule has 4 aromatic rings. The number of hydrogen-bond donors (Lipinski definition) is 1. The summed E-state index contributed by atoms with van der Waals surface area (Å²) in [6.07, 6.45) is 4.72. The highest BCUT2D eigenvalue weighted by molar-refractivity contribution is 5.97. The average molecular weight is 500 g/mol. The number of hydrogen-bond acceptors (Lipinski definition) is 5. The van der Waals surface area contributed by atoms with Crippen molar-refractivity contribution < 1.29 is 23.5 Å². The van der Waals surface area contributed by atoms with Crippen LogP contribution in [0.5, 0.6) is 0 Å². The van der Waals surface area contributed by atoms with E-state index in [-0.39, 0.29) is 12.3 Å².